The van der Waals surface area contributed by atoms with Crippen molar-refractivity contribution in [1.29, 1.82) is 0 Å². The van der Waals surface area contributed by atoms with Crippen molar-refractivity contribution in [3.8, 4) is 0 Å². The standard InChI is InChI=1S/C16H25ClFN/c1-4-9-19-11-15(12(5-2)6-3)14-8-7-13(18)10-16(14)17/h7-8,10,12,15,19H,4-6,9,11H2,1-3H3. The van der Waals surface area contributed by atoms with E-state index in [0.717, 1.165) is 37.9 Å². The van der Waals surface area contributed by atoms with Crippen LogP contribution < -0.4 is 5.32 Å². The first-order chi connectivity index (χ1) is 9.13. The third-order valence-corrected chi connectivity index (χ3v) is 4.10. The SMILES string of the molecule is CCCNCC(c1ccc(F)cc1Cl)C(CC)CC. The van der Waals surface area contributed by atoms with Crippen LogP contribution in [-0.2, 0) is 0 Å². The molecule has 0 aliphatic carbocycles. The average Bonchev–Trinajstić information content (AvgIpc) is 2.39. The predicted molar refractivity (Wildman–Crippen MR) is 81.4 cm³/mol. The second kappa shape index (κ2) is 8.55. The maximum absolute atomic E-state index is 13.2. The Kier molecular flexibility index (Phi) is 7.40. The molecule has 0 saturated heterocycles. The predicted octanol–water partition coefficient (Wildman–Crippen LogP) is 5.00. The van der Waals surface area contributed by atoms with Crippen LogP contribution in [0.15, 0.2) is 18.2 Å². The topological polar surface area (TPSA) is 12.0 Å². The van der Waals surface area contributed by atoms with E-state index in [1.807, 2.05) is 6.07 Å². The summed E-state index contributed by atoms with van der Waals surface area (Å²) in [6.07, 6.45) is 3.35. The van der Waals surface area contributed by atoms with Gasteiger partial charge in [-0.15, -0.1) is 0 Å². The van der Waals surface area contributed by atoms with Crippen LogP contribution in [0.1, 0.15) is 51.5 Å². The molecule has 1 unspecified atom stereocenters. The van der Waals surface area contributed by atoms with Gasteiger partial charge in [-0.2, -0.15) is 0 Å². The van der Waals surface area contributed by atoms with Crippen molar-refractivity contribution < 1.29 is 4.39 Å². The van der Waals surface area contributed by atoms with E-state index in [4.69, 9.17) is 11.6 Å². The number of hydrogen-bond acceptors (Lipinski definition) is 1. The molecule has 0 heterocycles. The van der Waals surface area contributed by atoms with Gasteiger partial charge in [0.05, 0.1) is 0 Å². The molecular formula is C16H25ClFN. The fraction of sp³-hybridized carbons (Fsp3) is 0.625. The second-order valence-corrected chi connectivity index (χ2v) is 5.46. The molecule has 19 heavy (non-hydrogen) atoms. The van der Waals surface area contributed by atoms with Gasteiger partial charge in [0, 0.05) is 17.5 Å². The summed E-state index contributed by atoms with van der Waals surface area (Å²) in [4.78, 5) is 0. The van der Waals surface area contributed by atoms with Crippen molar-refractivity contribution >= 4 is 11.6 Å². The van der Waals surface area contributed by atoms with Crippen molar-refractivity contribution in [3.05, 3.63) is 34.6 Å². The van der Waals surface area contributed by atoms with Crippen molar-refractivity contribution in [2.24, 2.45) is 5.92 Å². The molecule has 1 atom stereocenters. The molecule has 0 aliphatic rings. The Hall–Kier alpha value is -0.600. The molecule has 0 amide bonds. The Morgan fingerprint density at radius 1 is 1.21 bits per heavy atom. The Morgan fingerprint density at radius 2 is 1.89 bits per heavy atom. The van der Waals surface area contributed by atoms with Gasteiger partial charge in [-0.25, -0.2) is 4.39 Å². The van der Waals surface area contributed by atoms with Gasteiger partial charge in [0.25, 0.3) is 0 Å². The van der Waals surface area contributed by atoms with Gasteiger partial charge in [-0.1, -0.05) is 51.3 Å². The maximum atomic E-state index is 13.2. The summed E-state index contributed by atoms with van der Waals surface area (Å²) in [6, 6.07) is 4.77. The highest BCUT2D eigenvalue weighted by atomic mass is 35.5. The molecule has 1 aromatic rings. The van der Waals surface area contributed by atoms with Gasteiger partial charge < -0.3 is 5.32 Å². The highest BCUT2D eigenvalue weighted by Gasteiger charge is 2.22. The number of rotatable bonds is 8. The molecule has 0 aliphatic heterocycles. The lowest BCUT2D eigenvalue weighted by Gasteiger charge is -2.27. The smallest absolute Gasteiger partial charge is 0.124 e. The molecule has 0 spiro atoms. The van der Waals surface area contributed by atoms with Gasteiger partial charge >= 0.3 is 0 Å². The van der Waals surface area contributed by atoms with Gasteiger partial charge in [-0.05, 0) is 36.6 Å². The molecule has 1 rings (SSSR count). The van der Waals surface area contributed by atoms with Crippen molar-refractivity contribution in [3.63, 3.8) is 0 Å². The average molecular weight is 286 g/mol. The molecule has 0 radical (unpaired) electrons. The zero-order valence-corrected chi connectivity index (χ0v) is 12.9. The van der Waals surface area contributed by atoms with E-state index in [2.05, 4.69) is 26.1 Å². The summed E-state index contributed by atoms with van der Waals surface area (Å²) < 4.78 is 13.2. The first-order valence-corrected chi connectivity index (χ1v) is 7.67. The summed E-state index contributed by atoms with van der Waals surface area (Å²) in [5, 5.41) is 4.02. The monoisotopic (exact) mass is 285 g/mol. The molecule has 1 N–H and O–H groups in total. The lowest BCUT2D eigenvalue weighted by atomic mass is 9.82. The molecule has 108 valence electrons. The van der Waals surface area contributed by atoms with Crippen molar-refractivity contribution in [1.82, 2.24) is 5.32 Å². The first-order valence-electron chi connectivity index (χ1n) is 7.29. The van der Waals surface area contributed by atoms with Gasteiger partial charge in [0.15, 0.2) is 0 Å². The minimum absolute atomic E-state index is 0.265. The van der Waals surface area contributed by atoms with E-state index in [-0.39, 0.29) is 5.82 Å². The number of nitrogens with one attached hydrogen (secondary N) is 1. The summed E-state index contributed by atoms with van der Waals surface area (Å²) in [5.41, 5.74) is 1.07. The fourth-order valence-electron chi connectivity index (χ4n) is 2.62. The largest absolute Gasteiger partial charge is 0.316 e. The highest BCUT2D eigenvalue weighted by molar-refractivity contribution is 6.31. The molecule has 0 bridgehead atoms. The molecule has 1 nitrogen and oxygen atoms in total. The van der Waals surface area contributed by atoms with Crippen LogP contribution in [0.3, 0.4) is 0 Å². The minimum atomic E-state index is -0.265. The van der Waals surface area contributed by atoms with Crippen molar-refractivity contribution in [2.45, 2.75) is 46.0 Å². The van der Waals surface area contributed by atoms with Crippen LogP contribution >= 0.6 is 11.6 Å². The van der Waals surface area contributed by atoms with Crippen LogP contribution in [0.2, 0.25) is 5.02 Å². The molecule has 3 heteroatoms. The third kappa shape index (κ3) is 4.77. The van der Waals surface area contributed by atoms with Gasteiger partial charge in [-0.3, -0.25) is 0 Å². The number of benzene rings is 1. The van der Waals surface area contributed by atoms with Crippen molar-refractivity contribution in [2.75, 3.05) is 13.1 Å². The summed E-state index contributed by atoms with van der Waals surface area (Å²) in [6.45, 7) is 8.49. The van der Waals surface area contributed by atoms with E-state index < -0.39 is 0 Å². The van der Waals surface area contributed by atoms with E-state index in [9.17, 15) is 4.39 Å². The number of hydrogen-bond donors (Lipinski definition) is 1. The lowest BCUT2D eigenvalue weighted by molar-refractivity contribution is 0.380. The quantitative estimate of drug-likeness (QED) is 0.663. The molecule has 1 aromatic carbocycles. The van der Waals surface area contributed by atoms with Crippen LogP contribution in [0.25, 0.3) is 0 Å². The second-order valence-electron chi connectivity index (χ2n) is 5.05. The van der Waals surface area contributed by atoms with E-state index >= 15 is 0 Å². The van der Waals surface area contributed by atoms with Crippen LogP contribution in [0.5, 0.6) is 0 Å². The van der Waals surface area contributed by atoms with Crippen LogP contribution in [-0.4, -0.2) is 13.1 Å². The first kappa shape index (κ1) is 16.5. The Morgan fingerprint density at radius 3 is 2.42 bits per heavy atom. The molecule has 0 fully saturated rings. The van der Waals surface area contributed by atoms with Gasteiger partial charge in [0.2, 0.25) is 0 Å². The fourth-order valence-corrected chi connectivity index (χ4v) is 2.93. The molecular weight excluding hydrogens is 261 g/mol. The van der Waals surface area contributed by atoms with E-state index in [1.165, 1.54) is 12.1 Å². The number of halogens is 2. The molecule has 0 saturated carbocycles. The zero-order valence-electron chi connectivity index (χ0n) is 12.2. The van der Waals surface area contributed by atoms with Gasteiger partial charge in [0.1, 0.15) is 5.82 Å². The normalized spacial score (nSPS) is 12.9. The van der Waals surface area contributed by atoms with Crippen LogP contribution in [0, 0.1) is 11.7 Å². The molecule has 0 aromatic heterocycles. The van der Waals surface area contributed by atoms with E-state index in [0.29, 0.717) is 16.9 Å². The Labute approximate surface area is 121 Å². The lowest BCUT2D eigenvalue weighted by Crippen LogP contribution is -2.27. The summed E-state index contributed by atoms with van der Waals surface area (Å²) >= 11 is 6.23. The highest BCUT2D eigenvalue weighted by Crippen LogP contribution is 2.33. The van der Waals surface area contributed by atoms with E-state index in [1.54, 1.807) is 0 Å². The maximum Gasteiger partial charge on any atom is 0.124 e. The Bertz CT molecular complexity index is 377. The zero-order chi connectivity index (χ0) is 14.3. The van der Waals surface area contributed by atoms with Crippen LogP contribution in [0.4, 0.5) is 4.39 Å². The minimum Gasteiger partial charge on any atom is -0.316 e. The summed E-state index contributed by atoms with van der Waals surface area (Å²) in [5.74, 6) is 0.667. The third-order valence-electron chi connectivity index (χ3n) is 3.77. The Balaban J connectivity index is 2.93. The summed E-state index contributed by atoms with van der Waals surface area (Å²) in [7, 11) is 0.